The second-order valence-electron chi connectivity index (χ2n) is 8.53. The van der Waals surface area contributed by atoms with E-state index in [-0.39, 0.29) is 17.8 Å². The summed E-state index contributed by atoms with van der Waals surface area (Å²) in [5.74, 6) is 2.39. The summed E-state index contributed by atoms with van der Waals surface area (Å²) in [6.45, 7) is 1.55. The molecule has 22 heavy (non-hydrogen) atoms. The van der Waals surface area contributed by atoms with Gasteiger partial charge in [-0.15, -0.1) is 0 Å². The molecule has 122 valence electrons. The topological polar surface area (TPSA) is 57.6 Å². The predicted octanol–water partition coefficient (Wildman–Crippen LogP) is 2.92. The molecule has 0 aromatic carbocycles. The van der Waals surface area contributed by atoms with Crippen LogP contribution < -0.4 is 0 Å². The monoisotopic (exact) mass is 305 g/mol. The number of carboxylic acid groups (broad SMARTS) is 1. The highest BCUT2D eigenvalue weighted by Gasteiger charge is 2.55. The fourth-order valence-electron chi connectivity index (χ4n) is 6.30. The van der Waals surface area contributed by atoms with Crippen LogP contribution in [0.2, 0.25) is 0 Å². The van der Waals surface area contributed by atoms with Crippen LogP contribution in [0.4, 0.5) is 0 Å². The fraction of sp³-hybridized carbons (Fsp3) is 0.889. The van der Waals surface area contributed by atoms with Gasteiger partial charge in [-0.05, 0) is 75.0 Å². The molecule has 1 saturated heterocycles. The first-order valence-corrected chi connectivity index (χ1v) is 9.05. The minimum atomic E-state index is -0.703. The molecule has 5 fully saturated rings. The number of hydrogen-bond acceptors (Lipinski definition) is 2. The number of likely N-dealkylation sites (tertiary alicyclic amines) is 1. The molecule has 0 aromatic heterocycles. The first-order chi connectivity index (χ1) is 10.5. The SMILES string of the molecule is O=C(O)CC1CCN(C(=O)C23CC4CC(CC(C4)C2)C3)CC1. The first kappa shape index (κ1) is 14.5. The van der Waals surface area contributed by atoms with E-state index in [2.05, 4.69) is 4.90 Å². The molecule has 4 heteroatoms. The van der Waals surface area contributed by atoms with Gasteiger partial charge in [-0.25, -0.2) is 0 Å². The number of amides is 1. The lowest BCUT2D eigenvalue weighted by Crippen LogP contribution is -2.55. The molecule has 1 aliphatic heterocycles. The Labute approximate surface area is 132 Å². The van der Waals surface area contributed by atoms with Gasteiger partial charge in [0.15, 0.2) is 0 Å². The van der Waals surface area contributed by atoms with Crippen molar-refractivity contribution in [2.45, 2.75) is 57.8 Å². The van der Waals surface area contributed by atoms with Crippen molar-refractivity contribution in [3.8, 4) is 0 Å². The third kappa shape index (κ3) is 2.44. The zero-order chi connectivity index (χ0) is 15.3. The van der Waals surface area contributed by atoms with E-state index in [1.165, 1.54) is 19.3 Å². The molecule has 0 unspecified atom stereocenters. The average molecular weight is 305 g/mol. The summed E-state index contributed by atoms with van der Waals surface area (Å²) in [6, 6.07) is 0. The molecule has 1 N–H and O–H groups in total. The highest BCUT2D eigenvalue weighted by molar-refractivity contribution is 5.83. The maximum atomic E-state index is 13.2. The Bertz CT molecular complexity index is 443. The van der Waals surface area contributed by atoms with Crippen molar-refractivity contribution in [2.75, 3.05) is 13.1 Å². The molecule has 0 radical (unpaired) electrons. The normalized spacial score (nSPS) is 40.9. The van der Waals surface area contributed by atoms with Crippen LogP contribution in [0.15, 0.2) is 0 Å². The van der Waals surface area contributed by atoms with Crippen molar-refractivity contribution in [1.29, 1.82) is 0 Å². The molecule has 0 aromatic rings. The third-order valence-electron chi connectivity index (χ3n) is 6.86. The van der Waals surface area contributed by atoms with Crippen LogP contribution in [-0.4, -0.2) is 35.0 Å². The Balaban J connectivity index is 1.41. The van der Waals surface area contributed by atoms with Crippen LogP contribution in [0, 0.1) is 29.1 Å². The molecule has 0 atom stereocenters. The lowest BCUT2D eigenvalue weighted by molar-refractivity contribution is -0.159. The number of piperidine rings is 1. The number of nitrogens with zero attached hydrogens (tertiary/aromatic N) is 1. The highest BCUT2D eigenvalue weighted by atomic mass is 16.4. The van der Waals surface area contributed by atoms with Gasteiger partial charge in [0.1, 0.15) is 0 Å². The summed E-state index contributed by atoms with van der Waals surface area (Å²) in [5, 5.41) is 8.91. The Morgan fingerprint density at radius 1 is 0.955 bits per heavy atom. The number of hydrogen-bond donors (Lipinski definition) is 1. The summed E-state index contributed by atoms with van der Waals surface area (Å²) in [6.07, 6.45) is 9.49. The van der Waals surface area contributed by atoms with Gasteiger partial charge in [0.2, 0.25) is 5.91 Å². The molecule has 1 amide bonds. The summed E-state index contributed by atoms with van der Waals surface area (Å²) in [5.41, 5.74) is -0.0333. The summed E-state index contributed by atoms with van der Waals surface area (Å²) < 4.78 is 0. The van der Waals surface area contributed by atoms with Gasteiger partial charge in [0.05, 0.1) is 5.41 Å². The molecule has 0 spiro atoms. The molecule has 4 aliphatic carbocycles. The zero-order valence-electron chi connectivity index (χ0n) is 13.3. The number of rotatable bonds is 3. The molecule has 4 nitrogen and oxygen atoms in total. The van der Waals surface area contributed by atoms with Crippen LogP contribution in [-0.2, 0) is 9.59 Å². The predicted molar refractivity (Wildman–Crippen MR) is 82.2 cm³/mol. The molecule has 4 bridgehead atoms. The molecule has 1 heterocycles. The Hall–Kier alpha value is -1.06. The number of aliphatic carboxylic acids is 1. The van der Waals surface area contributed by atoms with Gasteiger partial charge in [0.25, 0.3) is 0 Å². The Morgan fingerprint density at radius 3 is 1.91 bits per heavy atom. The van der Waals surface area contributed by atoms with E-state index in [1.54, 1.807) is 0 Å². The summed E-state index contributed by atoms with van der Waals surface area (Å²) in [7, 11) is 0. The van der Waals surface area contributed by atoms with Crippen LogP contribution in [0.1, 0.15) is 57.8 Å². The minimum Gasteiger partial charge on any atom is -0.481 e. The van der Waals surface area contributed by atoms with E-state index >= 15 is 0 Å². The van der Waals surface area contributed by atoms with Crippen molar-refractivity contribution in [3.63, 3.8) is 0 Å². The lowest BCUT2D eigenvalue weighted by atomic mass is 9.49. The Kier molecular flexibility index (Phi) is 3.46. The minimum absolute atomic E-state index is 0.0333. The fourth-order valence-corrected chi connectivity index (χ4v) is 6.30. The lowest BCUT2D eigenvalue weighted by Gasteiger charge is -2.57. The average Bonchev–Trinajstić information content (AvgIpc) is 2.45. The van der Waals surface area contributed by atoms with Crippen molar-refractivity contribution in [1.82, 2.24) is 4.90 Å². The van der Waals surface area contributed by atoms with Gasteiger partial charge >= 0.3 is 5.97 Å². The first-order valence-electron chi connectivity index (χ1n) is 9.05. The van der Waals surface area contributed by atoms with Crippen molar-refractivity contribution >= 4 is 11.9 Å². The van der Waals surface area contributed by atoms with Crippen LogP contribution >= 0.6 is 0 Å². The maximum Gasteiger partial charge on any atom is 0.303 e. The largest absolute Gasteiger partial charge is 0.481 e. The van der Waals surface area contributed by atoms with Crippen molar-refractivity contribution < 1.29 is 14.7 Å². The number of carbonyl (C=O) groups is 2. The third-order valence-corrected chi connectivity index (χ3v) is 6.86. The molecular weight excluding hydrogens is 278 g/mol. The van der Waals surface area contributed by atoms with Crippen LogP contribution in [0.25, 0.3) is 0 Å². The molecular formula is C18H27NO3. The van der Waals surface area contributed by atoms with Crippen LogP contribution in [0.5, 0.6) is 0 Å². The van der Waals surface area contributed by atoms with Crippen LogP contribution in [0.3, 0.4) is 0 Å². The molecule has 4 saturated carbocycles. The summed E-state index contributed by atoms with van der Waals surface area (Å²) in [4.78, 5) is 26.1. The van der Waals surface area contributed by atoms with Crippen molar-refractivity contribution in [3.05, 3.63) is 0 Å². The van der Waals surface area contributed by atoms with Gasteiger partial charge < -0.3 is 10.0 Å². The van der Waals surface area contributed by atoms with E-state index < -0.39 is 5.97 Å². The highest BCUT2D eigenvalue weighted by Crippen LogP contribution is 2.60. The van der Waals surface area contributed by atoms with E-state index in [0.29, 0.717) is 5.91 Å². The maximum absolute atomic E-state index is 13.2. The van der Waals surface area contributed by atoms with Gasteiger partial charge in [-0.2, -0.15) is 0 Å². The van der Waals surface area contributed by atoms with Gasteiger partial charge in [-0.3, -0.25) is 9.59 Å². The molecule has 5 rings (SSSR count). The smallest absolute Gasteiger partial charge is 0.303 e. The van der Waals surface area contributed by atoms with E-state index in [1.807, 2.05) is 0 Å². The summed E-state index contributed by atoms with van der Waals surface area (Å²) >= 11 is 0. The number of carboxylic acids is 1. The standard InChI is InChI=1S/C18H27NO3/c20-16(21)8-12-1-3-19(4-2-12)17(22)18-9-13-5-14(10-18)7-15(6-13)11-18/h12-15H,1-11H2,(H,20,21). The van der Waals surface area contributed by atoms with Gasteiger partial charge in [0, 0.05) is 19.5 Å². The van der Waals surface area contributed by atoms with E-state index in [0.717, 1.165) is 62.9 Å². The van der Waals surface area contributed by atoms with Gasteiger partial charge in [-0.1, -0.05) is 0 Å². The van der Waals surface area contributed by atoms with E-state index in [9.17, 15) is 9.59 Å². The zero-order valence-corrected chi connectivity index (χ0v) is 13.3. The second kappa shape index (κ2) is 5.24. The van der Waals surface area contributed by atoms with Crippen molar-refractivity contribution in [2.24, 2.45) is 29.1 Å². The second-order valence-corrected chi connectivity index (χ2v) is 8.53. The Morgan fingerprint density at radius 2 is 1.45 bits per heavy atom. The van der Waals surface area contributed by atoms with E-state index in [4.69, 9.17) is 5.11 Å². The molecule has 5 aliphatic rings. The quantitative estimate of drug-likeness (QED) is 0.872. The number of carbonyl (C=O) groups excluding carboxylic acids is 1.